The van der Waals surface area contributed by atoms with Crippen molar-refractivity contribution in [3.63, 3.8) is 0 Å². The van der Waals surface area contributed by atoms with Crippen LogP contribution in [0.1, 0.15) is 62.5 Å². The zero-order valence-corrected chi connectivity index (χ0v) is 17.9. The molecule has 0 aromatic heterocycles. The average Bonchev–Trinajstić information content (AvgIpc) is 3.01. The molecular weight excluding hydrogens is 393 g/mol. The Bertz CT molecular complexity index is 970. The van der Waals surface area contributed by atoms with Crippen LogP contribution in [0.15, 0.2) is 35.3 Å². The van der Waals surface area contributed by atoms with Crippen LogP contribution in [0, 0.1) is 34.4 Å². The van der Waals surface area contributed by atoms with Crippen LogP contribution in [0.3, 0.4) is 0 Å². The van der Waals surface area contributed by atoms with Crippen molar-refractivity contribution in [2.24, 2.45) is 33.9 Å². The second-order valence-electron chi connectivity index (χ2n) is 9.48. The Labute approximate surface area is 182 Å². The van der Waals surface area contributed by atoms with Gasteiger partial charge < -0.3 is 11.1 Å². The summed E-state index contributed by atoms with van der Waals surface area (Å²) in [6.07, 6.45) is 8.67. The van der Waals surface area contributed by atoms with Gasteiger partial charge in [0.25, 0.3) is 0 Å². The van der Waals surface area contributed by atoms with Gasteiger partial charge in [-0.15, -0.1) is 0 Å². The number of fused-ring (bicyclic) bond motifs is 5. The van der Waals surface area contributed by atoms with Gasteiger partial charge in [0.2, 0.25) is 5.91 Å². The Morgan fingerprint density at radius 3 is 2.97 bits per heavy atom. The molecule has 0 bridgehead atoms. The third kappa shape index (κ3) is 3.88. The van der Waals surface area contributed by atoms with Gasteiger partial charge in [-0.1, -0.05) is 19.1 Å². The molecule has 1 amide bonds. The number of benzene rings is 1. The molecule has 2 fully saturated rings. The van der Waals surface area contributed by atoms with Gasteiger partial charge in [0.1, 0.15) is 17.4 Å². The van der Waals surface area contributed by atoms with E-state index < -0.39 is 0 Å². The van der Waals surface area contributed by atoms with E-state index in [0.717, 1.165) is 43.0 Å². The number of rotatable bonds is 5. The van der Waals surface area contributed by atoms with Crippen LogP contribution in [-0.2, 0) is 16.0 Å². The van der Waals surface area contributed by atoms with Gasteiger partial charge >= 0.3 is 0 Å². The Kier molecular flexibility index (Phi) is 5.91. The van der Waals surface area contributed by atoms with E-state index in [9.17, 15) is 14.0 Å². The summed E-state index contributed by atoms with van der Waals surface area (Å²) in [6, 6.07) is 5.41. The zero-order chi connectivity index (χ0) is 22.2. The quantitative estimate of drug-likeness (QED) is 0.544. The summed E-state index contributed by atoms with van der Waals surface area (Å²) in [6.45, 7) is 2.11. The van der Waals surface area contributed by atoms with Crippen molar-refractivity contribution in [2.45, 2.75) is 57.8 Å². The normalized spacial score (nSPS) is 32.5. The molecule has 31 heavy (non-hydrogen) atoms. The van der Waals surface area contributed by atoms with Gasteiger partial charge in [-0.05, 0) is 85.1 Å². The molecule has 5 nitrogen and oxygen atoms in total. The fourth-order valence-electron chi connectivity index (χ4n) is 6.59. The minimum Gasteiger partial charge on any atom is -0.384 e. The molecule has 3 aliphatic rings. The Balaban J connectivity index is 1.53. The number of Topliss-reactive ketones (excluding diaryl/α,β-unsaturated/α-hetero) is 1. The fraction of sp³-hybridized carbons (Fsp3) is 0.520. The average molecular weight is 424 g/mol. The molecule has 1 aromatic rings. The maximum absolute atomic E-state index is 14.4. The van der Waals surface area contributed by atoms with Crippen LogP contribution < -0.4 is 5.73 Å². The Morgan fingerprint density at radius 1 is 1.39 bits per heavy atom. The minimum atomic E-state index is -0.339. The van der Waals surface area contributed by atoms with Crippen molar-refractivity contribution >= 4 is 23.7 Å². The second-order valence-corrected chi connectivity index (χ2v) is 9.48. The number of nitrogens with zero attached hydrogens (tertiary/aromatic N) is 1. The molecule has 0 spiro atoms. The number of hydrogen-bond acceptors (Lipinski definition) is 3. The summed E-state index contributed by atoms with van der Waals surface area (Å²) < 4.78 is 14.4. The maximum atomic E-state index is 14.4. The standard InChI is InChI=1S/C25H30FN3O2/c1-25-12-11-17-16-4-2-5-20(26)18(16)8-9-19(17)24(25)15(14-21(25)30)7-10-23(31)29-22(28)6-3-13-27/h2-6,13,15,17,19,24,27H,7-12,14H2,1H3,(H2,28,29,31)/b6-3-,27-13?/t15-,17?,19?,24?,25-/m1/s1. The van der Waals surface area contributed by atoms with Gasteiger partial charge in [-0.3, -0.25) is 9.59 Å². The number of hydrogen-bond donors (Lipinski definition) is 2. The second kappa shape index (κ2) is 8.48. The van der Waals surface area contributed by atoms with Crippen LogP contribution in [0.4, 0.5) is 4.39 Å². The fourth-order valence-corrected chi connectivity index (χ4v) is 6.59. The van der Waals surface area contributed by atoms with E-state index in [1.807, 2.05) is 0 Å². The van der Waals surface area contributed by atoms with E-state index in [-0.39, 0.29) is 41.2 Å². The van der Waals surface area contributed by atoms with E-state index in [4.69, 9.17) is 11.1 Å². The van der Waals surface area contributed by atoms with E-state index in [2.05, 4.69) is 18.0 Å². The van der Waals surface area contributed by atoms with Crippen LogP contribution in [-0.4, -0.2) is 23.7 Å². The van der Waals surface area contributed by atoms with Crippen LogP contribution in [0.5, 0.6) is 0 Å². The summed E-state index contributed by atoms with van der Waals surface area (Å²) in [4.78, 5) is 29.2. The predicted molar refractivity (Wildman–Crippen MR) is 119 cm³/mol. The molecule has 3 aliphatic carbocycles. The first kappa shape index (κ1) is 21.6. The van der Waals surface area contributed by atoms with E-state index >= 15 is 0 Å². The van der Waals surface area contributed by atoms with Gasteiger partial charge in [-0.2, -0.15) is 4.99 Å². The molecule has 5 atom stereocenters. The van der Waals surface area contributed by atoms with Crippen molar-refractivity contribution in [1.29, 1.82) is 5.41 Å². The van der Waals surface area contributed by atoms with Crippen LogP contribution in [0.25, 0.3) is 0 Å². The van der Waals surface area contributed by atoms with Crippen molar-refractivity contribution in [1.82, 2.24) is 0 Å². The number of nitrogens with two attached hydrogens (primary N) is 1. The first-order valence-electron chi connectivity index (χ1n) is 11.2. The number of nitrogens with one attached hydrogen (secondary N) is 1. The molecular formula is C25H30FN3O2. The highest BCUT2D eigenvalue weighted by molar-refractivity contribution is 6.01. The summed E-state index contributed by atoms with van der Waals surface area (Å²) >= 11 is 0. The third-order valence-electron chi connectivity index (χ3n) is 7.91. The summed E-state index contributed by atoms with van der Waals surface area (Å²) in [5.74, 6) is 1.02. The molecule has 4 rings (SSSR count). The number of ketones is 1. The highest BCUT2D eigenvalue weighted by atomic mass is 19.1. The lowest BCUT2D eigenvalue weighted by molar-refractivity contribution is -0.129. The van der Waals surface area contributed by atoms with Gasteiger partial charge in [0.15, 0.2) is 0 Å². The van der Waals surface area contributed by atoms with Crippen LogP contribution in [0.2, 0.25) is 0 Å². The minimum absolute atomic E-state index is 0.0875. The number of carbonyl (C=O) groups excluding carboxylic acids is 2. The van der Waals surface area contributed by atoms with Gasteiger partial charge in [0.05, 0.1) is 0 Å². The molecule has 6 heteroatoms. The molecule has 0 aliphatic heterocycles. The zero-order valence-electron chi connectivity index (χ0n) is 17.9. The smallest absolute Gasteiger partial charge is 0.247 e. The van der Waals surface area contributed by atoms with Crippen LogP contribution >= 0.6 is 0 Å². The lowest BCUT2D eigenvalue weighted by Crippen LogP contribution is -2.44. The van der Waals surface area contributed by atoms with Crippen molar-refractivity contribution in [3.05, 3.63) is 47.3 Å². The Hall–Kier alpha value is -2.63. The number of amides is 1. The molecule has 0 radical (unpaired) electrons. The number of allylic oxidation sites excluding steroid dienone is 1. The first-order valence-corrected chi connectivity index (χ1v) is 11.2. The summed E-state index contributed by atoms with van der Waals surface area (Å²) in [7, 11) is 0. The van der Waals surface area contributed by atoms with Crippen molar-refractivity contribution in [3.8, 4) is 0 Å². The monoisotopic (exact) mass is 423 g/mol. The third-order valence-corrected chi connectivity index (χ3v) is 7.91. The molecule has 2 saturated carbocycles. The molecule has 3 unspecified atom stereocenters. The molecule has 164 valence electrons. The predicted octanol–water partition coefficient (Wildman–Crippen LogP) is 4.35. The number of carbonyl (C=O) groups is 2. The Morgan fingerprint density at radius 2 is 2.19 bits per heavy atom. The van der Waals surface area contributed by atoms with Gasteiger partial charge in [0, 0.05) is 24.5 Å². The van der Waals surface area contributed by atoms with E-state index in [0.29, 0.717) is 30.5 Å². The topological polar surface area (TPSA) is 96.4 Å². The van der Waals surface area contributed by atoms with Crippen molar-refractivity contribution < 1.29 is 14.0 Å². The SMILES string of the molecule is C[C@]12CCC3c4cccc(F)c4CCC3C1[C@H](CCC(=O)N=C(N)/C=C\C=N)CC2=O. The van der Waals surface area contributed by atoms with Gasteiger partial charge in [-0.25, -0.2) is 4.39 Å². The van der Waals surface area contributed by atoms with E-state index in [1.165, 1.54) is 12.2 Å². The van der Waals surface area contributed by atoms with E-state index in [1.54, 1.807) is 12.1 Å². The molecule has 0 saturated heterocycles. The maximum Gasteiger partial charge on any atom is 0.247 e. The summed E-state index contributed by atoms with van der Waals surface area (Å²) in [5, 5.41) is 6.97. The molecule has 0 heterocycles. The highest BCUT2D eigenvalue weighted by Gasteiger charge is 2.58. The number of halogens is 1. The lowest BCUT2D eigenvalue weighted by atomic mass is 9.54. The summed E-state index contributed by atoms with van der Waals surface area (Å²) in [5.41, 5.74) is 7.33. The lowest BCUT2D eigenvalue weighted by Gasteiger charge is -2.50. The first-order chi connectivity index (χ1) is 14.8. The molecule has 3 N–H and O–H groups in total. The largest absolute Gasteiger partial charge is 0.384 e. The highest BCUT2D eigenvalue weighted by Crippen LogP contribution is 2.62. The van der Waals surface area contributed by atoms with Crippen molar-refractivity contribution in [2.75, 3.05) is 0 Å². The number of aliphatic imine (C=N–C) groups is 1. The molecule has 1 aromatic carbocycles. The number of amidine groups is 1.